The van der Waals surface area contributed by atoms with Crippen molar-refractivity contribution in [2.24, 2.45) is 0 Å². The van der Waals surface area contributed by atoms with Gasteiger partial charge < -0.3 is 4.90 Å². The Bertz CT molecular complexity index is 519. The van der Waals surface area contributed by atoms with Gasteiger partial charge in [-0.15, -0.1) is 0 Å². The topological polar surface area (TPSA) is 3.24 Å². The van der Waals surface area contributed by atoms with Crippen molar-refractivity contribution in [1.82, 2.24) is 0 Å². The van der Waals surface area contributed by atoms with E-state index in [9.17, 15) is 0 Å². The molecule has 0 saturated heterocycles. The molecule has 18 heavy (non-hydrogen) atoms. The minimum atomic E-state index is 1.22. The summed E-state index contributed by atoms with van der Waals surface area (Å²) in [6.07, 6.45) is 4.29. The van der Waals surface area contributed by atoms with Crippen molar-refractivity contribution < 1.29 is 0 Å². The van der Waals surface area contributed by atoms with E-state index in [1.165, 1.54) is 22.4 Å². The summed E-state index contributed by atoms with van der Waals surface area (Å²) in [6, 6.07) is 17.1. The standard InChI is InChI=1S/C17H19N/c1-14-4-6-15(7-5-14)8-9-16-10-12-17(13-11-16)18(2)3/h4-13H,1-3H3/b9-8-. The molecule has 1 heteroatoms. The number of anilines is 1. The molecular formula is C17H19N. The largest absolute Gasteiger partial charge is 0.378 e. The fraction of sp³-hybridized carbons (Fsp3) is 0.176. The van der Waals surface area contributed by atoms with E-state index in [0.29, 0.717) is 0 Å². The van der Waals surface area contributed by atoms with Crippen LogP contribution in [0.5, 0.6) is 0 Å². The van der Waals surface area contributed by atoms with Crippen molar-refractivity contribution in [1.29, 1.82) is 0 Å². The SMILES string of the molecule is Cc1ccc(/C=C\c2ccc(N(C)C)cc2)cc1. The van der Waals surface area contributed by atoms with E-state index in [2.05, 4.69) is 86.6 Å². The van der Waals surface area contributed by atoms with Gasteiger partial charge in [-0.1, -0.05) is 54.1 Å². The van der Waals surface area contributed by atoms with Crippen LogP contribution < -0.4 is 4.90 Å². The molecule has 0 fully saturated rings. The average Bonchev–Trinajstić information content (AvgIpc) is 2.38. The molecule has 2 aromatic rings. The summed E-state index contributed by atoms with van der Waals surface area (Å²) in [4.78, 5) is 2.10. The summed E-state index contributed by atoms with van der Waals surface area (Å²) >= 11 is 0. The summed E-state index contributed by atoms with van der Waals surface area (Å²) in [5, 5.41) is 0. The van der Waals surface area contributed by atoms with Gasteiger partial charge in [-0.25, -0.2) is 0 Å². The highest BCUT2D eigenvalue weighted by Crippen LogP contribution is 2.14. The van der Waals surface area contributed by atoms with E-state index >= 15 is 0 Å². The van der Waals surface area contributed by atoms with Crippen LogP contribution in [-0.2, 0) is 0 Å². The third-order valence-corrected chi connectivity index (χ3v) is 2.96. The Morgan fingerprint density at radius 2 is 1.17 bits per heavy atom. The highest BCUT2D eigenvalue weighted by Gasteiger charge is 1.93. The van der Waals surface area contributed by atoms with E-state index in [-0.39, 0.29) is 0 Å². The highest BCUT2D eigenvalue weighted by molar-refractivity contribution is 5.70. The van der Waals surface area contributed by atoms with Gasteiger partial charge in [0, 0.05) is 19.8 Å². The Hall–Kier alpha value is -2.02. The first-order chi connectivity index (χ1) is 8.65. The monoisotopic (exact) mass is 237 g/mol. The Labute approximate surface area is 109 Å². The molecule has 2 rings (SSSR count). The van der Waals surface area contributed by atoms with Gasteiger partial charge >= 0.3 is 0 Å². The summed E-state index contributed by atoms with van der Waals surface area (Å²) in [5.74, 6) is 0. The fourth-order valence-corrected chi connectivity index (χ4v) is 1.75. The quantitative estimate of drug-likeness (QED) is 0.722. The molecule has 0 spiro atoms. The van der Waals surface area contributed by atoms with Crippen LogP contribution in [0, 0.1) is 6.92 Å². The predicted octanol–water partition coefficient (Wildman–Crippen LogP) is 4.23. The third kappa shape index (κ3) is 3.24. The van der Waals surface area contributed by atoms with Crippen LogP contribution in [0.25, 0.3) is 12.2 Å². The van der Waals surface area contributed by atoms with Crippen LogP contribution in [0.2, 0.25) is 0 Å². The van der Waals surface area contributed by atoms with Crippen molar-refractivity contribution in [3.8, 4) is 0 Å². The van der Waals surface area contributed by atoms with Crippen molar-refractivity contribution in [2.75, 3.05) is 19.0 Å². The molecule has 0 saturated carbocycles. The lowest BCUT2D eigenvalue weighted by Gasteiger charge is -2.11. The molecule has 0 amide bonds. The van der Waals surface area contributed by atoms with Crippen LogP contribution in [-0.4, -0.2) is 14.1 Å². The van der Waals surface area contributed by atoms with E-state index in [4.69, 9.17) is 0 Å². The number of aryl methyl sites for hydroxylation is 1. The van der Waals surface area contributed by atoms with E-state index < -0.39 is 0 Å². The molecule has 92 valence electrons. The second-order valence-corrected chi connectivity index (χ2v) is 4.73. The Kier molecular flexibility index (Phi) is 3.83. The molecule has 0 aromatic heterocycles. The number of hydrogen-bond donors (Lipinski definition) is 0. The summed E-state index contributed by atoms with van der Waals surface area (Å²) in [7, 11) is 4.11. The molecule has 0 unspecified atom stereocenters. The van der Waals surface area contributed by atoms with Gasteiger partial charge in [-0.05, 0) is 30.2 Å². The second kappa shape index (κ2) is 5.54. The molecule has 0 aliphatic heterocycles. The minimum absolute atomic E-state index is 1.22. The van der Waals surface area contributed by atoms with E-state index in [1.54, 1.807) is 0 Å². The molecule has 0 aliphatic carbocycles. The number of nitrogens with zero attached hydrogens (tertiary/aromatic N) is 1. The molecule has 0 heterocycles. The molecule has 0 N–H and O–H groups in total. The van der Waals surface area contributed by atoms with Gasteiger partial charge in [-0.2, -0.15) is 0 Å². The number of benzene rings is 2. The van der Waals surface area contributed by atoms with Gasteiger partial charge in [-0.3, -0.25) is 0 Å². The number of rotatable bonds is 3. The molecular weight excluding hydrogens is 218 g/mol. The van der Waals surface area contributed by atoms with Crippen LogP contribution >= 0.6 is 0 Å². The van der Waals surface area contributed by atoms with Gasteiger partial charge in [0.2, 0.25) is 0 Å². The van der Waals surface area contributed by atoms with E-state index in [0.717, 1.165) is 0 Å². The first-order valence-electron chi connectivity index (χ1n) is 6.17. The molecule has 0 bridgehead atoms. The summed E-state index contributed by atoms with van der Waals surface area (Å²) in [5.41, 5.74) is 4.98. The maximum Gasteiger partial charge on any atom is 0.0361 e. The van der Waals surface area contributed by atoms with Crippen LogP contribution in [0.1, 0.15) is 16.7 Å². The van der Waals surface area contributed by atoms with E-state index in [1.807, 2.05) is 0 Å². The minimum Gasteiger partial charge on any atom is -0.378 e. The first kappa shape index (κ1) is 12.4. The zero-order valence-corrected chi connectivity index (χ0v) is 11.2. The van der Waals surface area contributed by atoms with Crippen LogP contribution in [0.4, 0.5) is 5.69 Å². The lowest BCUT2D eigenvalue weighted by atomic mass is 10.1. The highest BCUT2D eigenvalue weighted by atomic mass is 15.1. The van der Waals surface area contributed by atoms with Crippen LogP contribution in [0.3, 0.4) is 0 Å². The van der Waals surface area contributed by atoms with Gasteiger partial charge in [0.15, 0.2) is 0 Å². The normalized spacial score (nSPS) is 10.8. The smallest absolute Gasteiger partial charge is 0.0361 e. The second-order valence-electron chi connectivity index (χ2n) is 4.73. The zero-order chi connectivity index (χ0) is 13.0. The zero-order valence-electron chi connectivity index (χ0n) is 11.2. The van der Waals surface area contributed by atoms with Gasteiger partial charge in [0.1, 0.15) is 0 Å². The Morgan fingerprint density at radius 1 is 0.722 bits per heavy atom. The maximum absolute atomic E-state index is 2.14. The fourth-order valence-electron chi connectivity index (χ4n) is 1.75. The molecule has 0 radical (unpaired) electrons. The maximum atomic E-state index is 2.14. The average molecular weight is 237 g/mol. The molecule has 0 atom stereocenters. The Balaban J connectivity index is 2.11. The first-order valence-corrected chi connectivity index (χ1v) is 6.17. The summed E-state index contributed by atoms with van der Waals surface area (Å²) < 4.78 is 0. The van der Waals surface area contributed by atoms with Crippen LogP contribution in [0.15, 0.2) is 48.5 Å². The molecule has 1 nitrogen and oxygen atoms in total. The van der Waals surface area contributed by atoms with Crippen molar-refractivity contribution in [3.63, 3.8) is 0 Å². The number of hydrogen-bond acceptors (Lipinski definition) is 1. The third-order valence-electron chi connectivity index (χ3n) is 2.96. The van der Waals surface area contributed by atoms with Crippen molar-refractivity contribution in [3.05, 3.63) is 65.2 Å². The lowest BCUT2D eigenvalue weighted by Crippen LogP contribution is -2.07. The van der Waals surface area contributed by atoms with Gasteiger partial charge in [0.25, 0.3) is 0 Å². The summed E-state index contributed by atoms with van der Waals surface area (Å²) in [6.45, 7) is 2.10. The van der Waals surface area contributed by atoms with Gasteiger partial charge in [0.05, 0.1) is 0 Å². The molecule has 2 aromatic carbocycles. The Morgan fingerprint density at radius 3 is 1.61 bits per heavy atom. The lowest BCUT2D eigenvalue weighted by molar-refractivity contribution is 1.13. The van der Waals surface area contributed by atoms with Crippen molar-refractivity contribution in [2.45, 2.75) is 6.92 Å². The van der Waals surface area contributed by atoms with Crippen molar-refractivity contribution >= 4 is 17.8 Å². The predicted molar refractivity (Wildman–Crippen MR) is 80.9 cm³/mol. The molecule has 0 aliphatic rings.